The molecule has 1 N–H and O–H groups in total. The number of amides is 1. The maximum absolute atomic E-state index is 12.4. The van der Waals surface area contributed by atoms with Gasteiger partial charge in [0.1, 0.15) is 5.76 Å². The number of aromatic nitrogens is 1. The molecule has 5 heteroatoms. The van der Waals surface area contributed by atoms with Gasteiger partial charge in [-0.2, -0.15) is 0 Å². The van der Waals surface area contributed by atoms with E-state index in [0.717, 1.165) is 29.2 Å². The molecule has 0 radical (unpaired) electrons. The van der Waals surface area contributed by atoms with Crippen molar-refractivity contribution in [2.75, 3.05) is 6.54 Å². The minimum absolute atomic E-state index is 0.0775. The van der Waals surface area contributed by atoms with E-state index in [-0.39, 0.29) is 5.91 Å². The molecule has 0 unspecified atom stereocenters. The molecule has 0 aliphatic heterocycles. The van der Waals surface area contributed by atoms with E-state index in [1.807, 2.05) is 49.4 Å². The Balaban J connectivity index is 1.34. The van der Waals surface area contributed by atoms with E-state index in [9.17, 15) is 4.79 Å². The van der Waals surface area contributed by atoms with Gasteiger partial charge in [0.2, 0.25) is 5.89 Å². The van der Waals surface area contributed by atoms with Gasteiger partial charge < -0.3 is 9.73 Å². The van der Waals surface area contributed by atoms with Crippen LogP contribution in [-0.2, 0) is 12.2 Å². The Labute approximate surface area is 193 Å². The van der Waals surface area contributed by atoms with E-state index in [4.69, 9.17) is 4.42 Å². The number of thioether (sulfide) groups is 1. The smallest absolute Gasteiger partial charge is 0.251 e. The first-order valence-electron chi connectivity index (χ1n) is 10.7. The van der Waals surface area contributed by atoms with Crippen molar-refractivity contribution in [1.29, 1.82) is 0 Å². The maximum Gasteiger partial charge on any atom is 0.251 e. The van der Waals surface area contributed by atoms with Crippen LogP contribution in [0.4, 0.5) is 0 Å². The molecular formula is C27H26N2O2S. The molecule has 1 amide bonds. The standard InChI is InChI=1S/C27H26N2O2S/c1-19-8-14-24(15-9-19)32-18-25-20(2)31-27(29-25)23-12-10-22(11-13-23)26(30)28-17-16-21-6-4-3-5-7-21/h3-15H,16-18H2,1-2H3,(H,28,30). The SMILES string of the molecule is Cc1ccc(SCc2nc(-c3ccc(C(=O)NCCc4ccccc4)cc3)oc2C)cc1. The largest absolute Gasteiger partial charge is 0.441 e. The van der Waals surface area contributed by atoms with Gasteiger partial charge >= 0.3 is 0 Å². The molecule has 4 aromatic rings. The molecule has 1 aromatic heterocycles. The van der Waals surface area contributed by atoms with Crippen molar-refractivity contribution in [2.45, 2.75) is 30.9 Å². The molecule has 1 heterocycles. The number of rotatable bonds is 8. The first-order chi connectivity index (χ1) is 15.6. The Morgan fingerprint density at radius 1 is 0.938 bits per heavy atom. The van der Waals surface area contributed by atoms with E-state index >= 15 is 0 Å². The van der Waals surface area contributed by atoms with Gasteiger partial charge in [-0.05, 0) is 62.2 Å². The van der Waals surface area contributed by atoms with E-state index < -0.39 is 0 Å². The molecule has 0 aliphatic rings. The van der Waals surface area contributed by atoms with Crippen molar-refractivity contribution in [1.82, 2.24) is 10.3 Å². The minimum atomic E-state index is -0.0775. The highest BCUT2D eigenvalue weighted by molar-refractivity contribution is 7.98. The van der Waals surface area contributed by atoms with Crippen molar-refractivity contribution < 1.29 is 9.21 Å². The summed E-state index contributed by atoms with van der Waals surface area (Å²) < 4.78 is 5.90. The van der Waals surface area contributed by atoms with Gasteiger partial charge in [0, 0.05) is 28.3 Å². The summed E-state index contributed by atoms with van der Waals surface area (Å²) in [6, 6.07) is 26.0. The molecule has 0 spiro atoms. The van der Waals surface area contributed by atoms with E-state index in [1.54, 1.807) is 11.8 Å². The summed E-state index contributed by atoms with van der Waals surface area (Å²) in [5.74, 6) is 2.08. The van der Waals surface area contributed by atoms with Crippen molar-refractivity contribution >= 4 is 17.7 Å². The van der Waals surface area contributed by atoms with Crippen molar-refractivity contribution in [3.8, 4) is 11.5 Å². The average Bonchev–Trinajstić information content (AvgIpc) is 3.20. The lowest BCUT2D eigenvalue weighted by Crippen LogP contribution is -2.25. The summed E-state index contributed by atoms with van der Waals surface area (Å²) in [5, 5.41) is 2.97. The predicted octanol–water partition coefficient (Wildman–Crippen LogP) is 6.22. The molecule has 0 bridgehead atoms. The van der Waals surface area contributed by atoms with Crippen LogP contribution in [0.15, 0.2) is 88.2 Å². The highest BCUT2D eigenvalue weighted by Crippen LogP contribution is 2.28. The number of carbonyl (C=O) groups is 1. The van der Waals surface area contributed by atoms with E-state index in [1.165, 1.54) is 16.0 Å². The van der Waals surface area contributed by atoms with Crippen molar-refractivity contribution in [3.05, 3.63) is 107 Å². The Morgan fingerprint density at radius 2 is 1.66 bits per heavy atom. The number of hydrogen-bond acceptors (Lipinski definition) is 4. The van der Waals surface area contributed by atoms with Crippen LogP contribution in [0.1, 0.15) is 32.9 Å². The predicted molar refractivity (Wildman–Crippen MR) is 130 cm³/mol. The number of aryl methyl sites for hydroxylation is 2. The quantitative estimate of drug-likeness (QED) is 0.329. The van der Waals surface area contributed by atoms with Crippen LogP contribution < -0.4 is 5.32 Å². The second-order valence-corrected chi connectivity index (χ2v) is 8.74. The summed E-state index contributed by atoms with van der Waals surface area (Å²) in [4.78, 5) is 18.3. The Hall–Kier alpha value is -3.31. The van der Waals surface area contributed by atoms with Gasteiger partial charge in [0.15, 0.2) is 0 Å². The lowest BCUT2D eigenvalue weighted by atomic mass is 10.1. The van der Waals surface area contributed by atoms with Gasteiger partial charge in [0.25, 0.3) is 5.91 Å². The van der Waals surface area contributed by atoms with Gasteiger partial charge in [-0.3, -0.25) is 4.79 Å². The minimum Gasteiger partial charge on any atom is -0.441 e. The summed E-state index contributed by atoms with van der Waals surface area (Å²) in [7, 11) is 0. The zero-order valence-corrected chi connectivity index (χ0v) is 19.1. The van der Waals surface area contributed by atoms with Crippen LogP contribution in [0.25, 0.3) is 11.5 Å². The van der Waals surface area contributed by atoms with Crippen LogP contribution in [0.3, 0.4) is 0 Å². The molecule has 3 aromatic carbocycles. The third-order valence-electron chi connectivity index (χ3n) is 5.23. The fourth-order valence-corrected chi connectivity index (χ4v) is 4.20. The van der Waals surface area contributed by atoms with Gasteiger partial charge in [-0.1, -0.05) is 48.0 Å². The molecule has 0 atom stereocenters. The summed E-state index contributed by atoms with van der Waals surface area (Å²) in [5.41, 5.74) is 4.88. The first-order valence-corrected chi connectivity index (χ1v) is 11.7. The first kappa shape index (κ1) is 21.9. The molecule has 0 saturated heterocycles. The van der Waals surface area contributed by atoms with Crippen LogP contribution >= 0.6 is 11.8 Å². The van der Waals surface area contributed by atoms with Gasteiger partial charge in [-0.25, -0.2) is 4.98 Å². The molecule has 4 rings (SSSR count). The second kappa shape index (κ2) is 10.3. The Kier molecular flexibility index (Phi) is 7.07. The normalized spacial score (nSPS) is 10.8. The van der Waals surface area contributed by atoms with Gasteiger partial charge in [-0.15, -0.1) is 11.8 Å². The average molecular weight is 443 g/mol. The maximum atomic E-state index is 12.4. The fraction of sp³-hybridized carbons (Fsp3) is 0.185. The van der Waals surface area contributed by atoms with Crippen LogP contribution in [0, 0.1) is 13.8 Å². The fourth-order valence-electron chi connectivity index (χ4n) is 3.30. The molecule has 0 fully saturated rings. The highest BCUT2D eigenvalue weighted by Gasteiger charge is 2.13. The molecule has 32 heavy (non-hydrogen) atoms. The number of nitrogens with one attached hydrogen (secondary N) is 1. The number of nitrogens with zero attached hydrogens (tertiary/aromatic N) is 1. The molecule has 162 valence electrons. The molecule has 0 aliphatic carbocycles. The van der Waals surface area contributed by atoms with Crippen molar-refractivity contribution in [2.24, 2.45) is 0 Å². The van der Waals surface area contributed by atoms with E-state index in [0.29, 0.717) is 18.0 Å². The topological polar surface area (TPSA) is 55.1 Å². The van der Waals surface area contributed by atoms with Crippen LogP contribution in [0.2, 0.25) is 0 Å². The third kappa shape index (κ3) is 5.68. The second-order valence-electron chi connectivity index (χ2n) is 7.69. The van der Waals surface area contributed by atoms with Crippen LogP contribution in [0.5, 0.6) is 0 Å². The van der Waals surface area contributed by atoms with E-state index in [2.05, 4.69) is 53.6 Å². The Bertz CT molecular complexity index is 1170. The molecule has 0 saturated carbocycles. The third-order valence-corrected chi connectivity index (χ3v) is 6.25. The summed E-state index contributed by atoms with van der Waals surface area (Å²) in [6.45, 7) is 4.63. The monoisotopic (exact) mass is 442 g/mol. The molecular weight excluding hydrogens is 416 g/mol. The van der Waals surface area contributed by atoms with Crippen LogP contribution in [-0.4, -0.2) is 17.4 Å². The highest BCUT2D eigenvalue weighted by atomic mass is 32.2. The number of benzene rings is 3. The van der Waals surface area contributed by atoms with Gasteiger partial charge in [0.05, 0.1) is 5.69 Å². The molecule has 4 nitrogen and oxygen atoms in total. The summed E-state index contributed by atoms with van der Waals surface area (Å²) in [6.07, 6.45) is 0.809. The summed E-state index contributed by atoms with van der Waals surface area (Å²) >= 11 is 1.74. The number of carbonyl (C=O) groups excluding carboxylic acids is 1. The number of hydrogen-bond donors (Lipinski definition) is 1. The zero-order chi connectivity index (χ0) is 22.3. The lowest BCUT2D eigenvalue weighted by Gasteiger charge is -2.06. The van der Waals surface area contributed by atoms with Crippen molar-refractivity contribution in [3.63, 3.8) is 0 Å². The zero-order valence-electron chi connectivity index (χ0n) is 18.3. The Morgan fingerprint density at radius 3 is 2.38 bits per heavy atom. The number of oxazole rings is 1. The lowest BCUT2D eigenvalue weighted by molar-refractivity contribution is 0.0954.